The maximum Gasteiger partial charge on any atom is 0.0688 e. The standard InChI is InChI=1S/C28H24/c1-18-12-13-24-25(16-18)28(26-17-19(2)14-15-27(24,26)3)22-10-6-4-8-20(22)21-9-5-7-11-23(21)28/h4-14,16-17H,15H2,1-3H3. The average Bonchev–Trinajstić information content (AvgIpc) is 3.12. The third-order valence-corrected chi connectivity index (χ3v) is 7.33. The molecule has 1 unspecified atom stereocenters. The Hall–Kier alpha value is -2.86. The van der Waals surface area contributed by atoms with E-state index in [-0.39, 0.29) is 10.8 Å². The topological polar surface area (TPSA) is 0 Å². The van der Waals surface area contributed by atoms with Gasteiger partial charge in [-0.25, -0.2) is 0 Å². The molecule has 0 aromatic heterocycles. The summed E-state index contributed by atoms with van der Waals surface area (Å²) in [5.74, 6) is 0. The lowest BCUT2D eigenvalue weighted by molar-refractivity contribution is 0.540. The monoisotopic (exact) mass is 360 g/mol. The van der Waals surface area contributed by atoms with Gasteiger partial charge in [0.1, 0.15) is 0 Å². The molecule has 3 aromatic carbocycles. The lowest BCUT2D eigenvalue weighted by Crippen LogP contribution is -2.32. The molecular weight excluding hydrogens is 336 g/mol. The number of benzene rings is 3. The average molecular weight is 361 g/mol. The van der Waals surface area contributed by atoms with Gasteiger partial charge in [0.05, 0.1) is 5.41 Å². The zero-order valence-electron chi connectivity index (χ0n) is 16.7. The molecule has 0 aliphatic heterocycles. The van der Waals surface area contributed by atoms with Crippen LogP contribution in [0.4, 0.5) is 0 Å². The minimum atomic E-state index is -0.168. The molecule has 0 saturated carbocycles. The molecule has 0 N–H and O–H groups in total. The molecule has 0 radical (unpaired) electrons. The van der Waals surface area contributed by atoms with Crippen molar-refractivity contribution in [1.29, 1.82) is 0 Å². The van der Waals surface area contributed by atoms with Gasteiger partial charge in [-0.15, -0.1) is 0 Å². The predicted octanol–water partition coefficient (Wildman–Crippen LogP) is 6.86. The molecule has 1 atom stereocenters. The van der Waals surface area contributed by atoms with E-state index >= 15 is 0 Å². The minimum absolute atomic E-state index is 0.0487. The maximum atomic E-state index is 2.48. The largest absolute Gasteiger partial charge is 0.0804 e. The van der Waals surface area contributed by atoms with Crippen molar-refractivity contribution in [2.75, 3.05) is 0 Å². The molecule has 0 nitrogen and oxygen atoms in total. The van der Waals surface area contributed by atoms with E-state index in [9.17, 15) is 0 Å². The van der Waals surface area contributed by atoms with Crippen molar-refractivity contribution in [1.82, 2.24) is 0 Å². The van der Waals surface area contributed by atoms with Crippen molar-refractivity contribution in [3.05, 3.63) is 118 Å². The number of hydrogen-bond donors (Lipinski definition) is 0. The molecule has 0 amide bonds. The zero-order chi connectivity index (χ0) is 19.1. The normalized spacial score (nSPS) is 22.8. The van der Waals surface area contributed by atoms with Gasteiger partial charge in [-0.05, 0) is 59.2 Å². The van der Waals surface area contributed by atoms with E-state index in [1.54, 1.807) is 5.57 Å². The molecule has 3 aliphatic carbocycles. The first-order chi connectivity index (χ1) is 13.6. The Morgan fingerprint density at radius 2 is 1.36 bits per heavy atom. The highest BCUT2D eigenvalue weighted by atomic mass is 14.6. The first kappa shape index (κ1) is 16.1. The second-order valence-corrected chi connectivity index (χ2v) is 8.93. The Bertz CT molecular complexity index is 1170. The summed E-state index contributed by atoms with van der Waals surface area (Å²) in [5, 5.41) is 0. The molecule has 0 fully saturated rings. The Balaban J connectivity index is 1.86. The van der Waals surface area contributed by atoms with Crippen LogP contribution in [0.25, 0.3) is 11.1 Å². The molecular formula is C28H24. The molecule has 0 saturated heterocycles. The third-order valence-electron chi connectivity index (χ3n) is 7.33. The van der Waals surface area contributed by atoms with E-state index in [1.165, 1.54) is 44.5 Å². The Kier molecular flexibility index (Phi) is 2.96. The van der Waals surface area contributed by atoms with Gasteiger partial charge in [0.25, 0.3) is 0 Å². The highest BCUT2D eigenvalue weighted by Crippen LogP contribution is 2.67. The van der Waals surface area contributed by atoms with E-state index in [4.69, 9.17) is 0 Å². The quantitative estimate of drug-likeness (QED) is 0.411. The third kappa shape index (κ3) is 1.68. The number of fused-ring (bicyclic) bond motifs is 10. The van der Waals surface area contributed by atoms with Crippen molar-refractivity contribution in [2.45, 2.75) is 38.0 Å². The number of aryl methyl sites for hydroxylation is 1. The van der Waals surface area contributed by atoms with Crippen molar-refractivity contribution >= 4 is 0 Å². The van der Waals surface area contributed by atoms with Crippen LogP contribution in [-0.2, 0) is 10.8 Å². The van der Waals surface area contributed by atoms with Crippen molar-refractivity contribution < 1.29 is 0 Å². The van der Waals surface area contributed by atoms with Gasteiger partial charge in [-0.1, -0.05) is 96.9 Å². The highest BCUT2D eigenvalue weighted by molar-refractivity contribution is 5.89. The molecule has 0 heteroatoms. The van der Waals surface area contributed by atoms with E-state index < -0.39 is 0 Å². The first-order valence-electron chi connectivity index (χ1n) is 10.3. The van der Waals surface area contributed by atoms with Crippen LogP contribution in [-0.4, -0.2) is 0 Å². The Morgan fingerprint density at radius 1 is 0.714 bits per heavy atom. The van der Waals surface area contributed by atoms with Gasteiger partial charge >= 0.3 is 0 Å². The van der Waals surface area contributed by atoms with Crippen LogP contribution < -0.4 is 0 Å². The second kappa shape index (κ2) is 5.14. The molecule has 28 heavy (non-hydrogen) atoms. The molecule has 0 bridgehead atoms. The molecule has 6 rings (SSSR count). The van der Waals surface area contributed by atoms with E-state index in [1.807, 2.05) is 0 Å². The van der Waals surface area contributed by atoms with Crippen molar-refractivity contribution in [3.63, 3.8) is 0 Å². The minimum Gasteiger partial charge on any atom is -0.0804 e. The number of allylic oxidation sites excluding steroid dienone is 4. The lowest BCUT2D eigenvalue weighted by atomic mass is 9.64. The summed E-state index contributed by atoms with van der Waals surface area (Å²) in [6.07, 6.45) is 5.98. The van der Waals surface area contributed by atoms with E-state index in [2.05, 4.69) is 99.7 Å². The summed E-state index contributed by atoms with van der Waals surface area (Å²) >= 11 is 0. The number of rotatable bonds is 0. The SMILES string of the molecule is CC1=CCC2(C)C(=C1)C1(c3ccccc3-c3ccccc31)c1cc(C)ccc12. The fourth-order valence-corrected chi connectivity index (χ4v) is 6.11. The van der Waals surface area contributed by atoms with E-state index in [0.717, 1.165) is 6.42 Å². The van der Waals surface area contributed by atoms with E-state index in [0.29, 0.717) is 0 Å². The van der Waals surface area contributed by atoms with Gasteiger partial charge in [0, 0.05) is 5.41 Å². The predicted molar refractivity (Wildman–Crippen MR) is 117 cm³/mol. The van der Waals surface area contributed by atoms with Gasteiger partial charge < -0.3 is 0 Å². The van der Waals surface area contributed by atoms with Gasteiger partial charge in [-0.3, -0.25) is 0 Å². The van der Waals surface area contributed by atoms with Crippen LogP contribution in [0, 0.1) is 6.92 Å². The van der Waals surface area contributed by atoms with Crippen LogP contribution in [0.15, 0.2) is 90.0 Å². The van der Waals surface area contributed by atoms with Gasteiger partial charge in [0.2, 0.25) is 0 Å². The van der Waals surface area contributed by atoms with Crippen LogP contribution in [0.5, 0.6) is 0 Å². The smallest absolute Gasteiger partial charge is 0.0688 e. The van der Waals surface area contributed by atoms with Crippen molar-refractivity contribution in [3.8, 4) is 11.1 Å². The first-order valence-corrected chi connectivity index (χ1v) is 10.3. The highest BCUT2D eigenvalue weighted by Gasteiger charge is 2.59. The fraction of sp³-hybridized carbons (Fsp3) is 0.214. The molecule has 3 aromatic rings. The summed E-state index contributed by atoms with van der Waals surface area (Å²) in [5.41, 5.74) is 12.8. The summed E-state index contributed by atoms with van der Waals surface area (Å²) in [4.78, 5) is 0. The molecule has 136 valence electrons. The van der Waals surface area contributed by atoms with Crippen LogP contribution in [0.2, 0.25) is 0 Å². The van der Waals surface area contributed by atoms with Crippen LogP contribution in [0.1, 0.15) is 48.1 Å². The second-order valence-electron chi connectivity index (χ2n) is 8.93. The van der Waals surface area contributed by atoms with Crippen LogP contribution in [0.3, 0.4) is 0 Å². The summed E-state index contributed by atoms with van der Waals surface area (Å²) < 4.78 is 0. The number of hydrogen-bond acceptors (Lipinski definition) is 0. The van der Waals surface area contributed by atoms with Crippen molar-refractivity contribution in [2.24, 2.45) is 0 Å². The molecule has 1 spiro atoms. The molecule has 3 aliphatic rings. The Labute approximate surface area is 167 Å². The Morgan fingerprint density at radius 3 is 2.04 bits per heavy atom. The van der Waals surface area contributed by atoms with Crippen LogP contribution >= 0.6 is 0 Å². The van der Waals surface area contributed by atoms with Gasteiger partial charge in [-0.2, -0.15) is 0 Å². The maximum absolute atomic E-state index is 2.48. The zero-order valence-corrected chi connectivity index (χ0v) is 16.7. The summed E-state index contributed by atoms with van der Waals surface area (Å²) in [7, 11) is 0. The van der Waals surface area contributed by atoms with Gasteiger partial charge in [0.15, 0.2) is 0 Å². The summed E-state index contributed by atoms with van der Waals surface area (Å²) in [6.45, 7) is 6.93. The fourth-order valence-electron chi connectivity index (χ4n) is 6.11. The lowest BCUT2D eigenvalue weighted by Gasteiger charge is -2.37. The summed E-state index contributed by atoms with van der Waals surface area (Å²) in [6, 6.07) is 25.3. The molecule has 0 heterocycles.